The molecule has 1 saturated heterocycles. The Bertz CT molecular complexity index is 648. The number of hydrogen-bond acceptors (Lipinski definition) is 5. The van der Waals surface area contributed by atoms with Gasteiger partial charge in [-0.15, -0.1) is 24.0 Å². The molecule has 1 aromatic rings. The van der Waals surface area contributed by atoms with E-state index >= 15 is 0 Å². The summed E-state index contributed by atoms with van der Waals surface area (Å²) < 4.78 is 23.0. The van der Waals surface area contributed by atoms with Gasteiger partial charge in [0.1, 0.15) is 5.82 Å². The van der Waals surface area contributed by atoms with Gasteiger partial charge in [-0.05, 0) is 12.5 Å². The minimum atomic E-state index is -2.90. The van der Waals surface area contributed by atoms with Gasteiger partial charge in [0.05, 0.1) is 11.5 Å². The molecule has 0 aromatic carbocycles. The van der Waals surface area contributed by atoms with Crippen LogP contribution >= 0.6 is 24.0 Å². The highest BCUT2D eigenvalue weighted by atomic mass is 127. The van der Waals surface area contributed by atoms with Crippen molar-refractivity contribution in [2.75, 3.05) is 37.5 Å². The highest BCUT2D eigenvalue weighted by Crippen LogP contribution is 2.14. The van der Waals surface area contributed by atoms with Crippen LogP contribution in [0.5, 0.6) is 0 Å². The molecule has 0 aliphatic carbocycles. The molecule has 1 fully saturated rings. The molecule has 2 N–H and O–H groups in total. The number of aromatic nitrogens is 1. The second-order valence-corrected chi connectivity index (χ2v) is 7.78. The molecular weight excluding hydrogens is 429 g/mol. The van der Waals surface area contributed by atoms with E-state index in [1.165, 1.54) is 0 Å². The summed E-state index contributed by atoms with van der Waals surface area (Å²) in [5, 5.41) is 6.38. The SMILES string of the molecule is CN=C(NCc1cccnc1N(C)C)NC1CCS(=O)(=O)C1.I. The van der Waals surface area contributed by atoms with Gasteiger partial charge in [-0.3, -0.25) is 4.99 Å². The van der Waals surface area contributed by atoms with Crippen molar-refractivity contribution >= 4 is 45.6 Å². The predicted octanol–water partition coefficient (Wildman–Crippen LogP) is 0.618. The minimum absolute atomic E-state index is 0. The summed E-state index contributed by atoms with van der Waals surface area (Å²) in [5.74, 6) is 1.92. The first-order valence-corrected chi connectivity index (χ1v) is 9.02. The number of guanidine groups is 1. The van der Waals surface area contributed by atoms with Crippen molar-refractivity contribution in [3.63, 3.8) is 0 Å². The smallest absolute Gasteiger partial charge is 0.191 e. The summed E-state index contributed by atoms with van der Waals surface area (Å²) in [4.78, 5) is 10.5. The van der Waals surface area contributed by atoms with Gasteiger partial charge in [-0.25, -0.2) is 13.4 Å². The van der Waals surface area contributed by atoms with Gasteiger partial charge in [-0.2, -0.15) is 0 Å². The van der Waals surface area contributed by atoms with Crippen molar-refractivity contribution in [3.05, 3.63) is 23.9 Å². The Hall–Kier alpha value is -1.10. The largest absolute Gasteiger partial charge is 0.362 e. The van der Waals surface area contributed by atoms with E-state index in [0.29, 0.717) is 18.9 Å². The summed E-state index contributed by atoms with van der Waals surface area (Å²) in [5.41, 5.74) is 1.05. The van der Waals surface area contributed by atoms with Crippen LogP contribution in [0.25, 0.3) is 0 Å². The molecular formula is C14H24IN5O2S. The maximum atomic E-state index is 11.5. The van der Waals surface area contributed by atoms with Crippen molar-refractivity contribution in [3.8, 4) is 0 Å². The molecule has 0 saturated carbocycles. The van der Waals surface area contributed by atoms with Crippen molar-refractivity contribution in [1.29, 1.82) is 0 Å². The Morgan fingerprint density at radius 2 is 2.22 bits per heavy atom. The first kappa shape index (κ1) is 19.9. The summed E-state index contributed by atoms with van der Waals surface area (Å²) in [6.07, 6.45) is 2.38. The van der Waals surface area contributed by atoms with E-state index in [9.17, 15) is 8.42 Å². The number of nitrogens with zero attached hydrogens (tertiary/aromatic N) is 3. The lowest BCUT2D eigenvalue weighted by atomic mass is 10.2. The van der Waals surface area contributed by atoms with Crippen LogP contribution < -0.4 is 15.5 Å². The van der Waals surface area contributed by atoms with Crippen LogP contribution in [0.4, 0.5) is 5.82 Å². The monoisotopic (exact) mass is 453 g/mol. The normalized spacial score (nSPS) is 19.8. The standard InChI is InChI=1S/C14H23N5O2S.HI/c1-15-14(18-12-6-8-22(20,21)10-12)17-9-11-5-4-7-16-13(11)19(2)3;/h4-5,7,12H,6,8-10H2,1-3H3,(H2,15,17,18);1H. The number of nitrogens with one attached hydrogen (secondary N) is 2. The number of halogens is 1. The second-order valence-electron chi connectivity index (χ2n) is 5.55. The Kier molecular flexibility index (Phi) is 7.52. The van der Waals surface area contributed by atoms with E-state index in [0.717, 1.165) is 11.4 Å². The maximum absolute atomic E-state index is 11.5. The zero-order chi connectivity index (χ0) is 16.2. The van der Waals surface area contributed by atoms with Crippen LogP contribution in [-0.4, -0.2) is 58.1 Å². The lowest BCUT2D eigenvalue weighted by molar-refractivity contribution is 0.599. The molecule has 0 amide bonds. The van der Waals surface area contributed by atoms with E-state index in [-0.39, 0.29) is 41.5 Å². The van der Waals surface area contributed by atoms with Gasteiger partial charge >= 0.3 is 0 Å². The molecule has 1 aromatic heterocycles. The summed E-state index contributed by atoms with van der Waals surface area (Å²) in [6.45, 7) is 0.570. The van der Waals surface area contributed by atoms with Crippen molar-refractivity contribution < 1.29 is 8.42 Å². The molecule has 130 valence electrons. The van der Waals surface area contributed by atoms with Gasteiger partial charge in [0.25, 0.3) is 0 Å². The third kappa shape index (κ3) is 5.79. The zero-order valence-corrected chi connectivity index (χ0v) is 16.8. The Morgan fingerprint density at radius 3 is 2.78 bits per heavy atom. The number of anilines is 1. The van der Waals surface area contributed by atoms with Crippen LogP contribution in [0.2, 0.25) is 0 Å². The van der Waals surface area contributed by atoms with Crippen LogP contribution in [0, 0.1) is 0 Å². The lowest BCUT2D eigenvalue weighted by Gasteiger charge is -2.19. The third-order valence-corrected chi connectivity index (χ3v) is 5.30. The number of rotatable bonds is 4. The van der Waals surface area contributed by atoms with E-state index in [1.807, 2.05) is 31.1 Å². The van der Waals surface area contributed by atoms with Crippen LogP contribution in [0.15, 0.2) is 23.3 Å². The van der Waals surface area contributed by atoms with E-state index in [2.05, 4.69) is 20.6 Å². The number of hydrogen-bond donors (Lipinski definition) is 2. The number of aliphatic imine (C=N–C) groups is 1. The van der Waals surface area contributed by atoms with Gasteiger partial charge in [0.15, 0.2) is 15.8 Å². The van der Waals surface area contributed by atoms with Crippen LogP contribution in [0.3, 0.4) is 0 Å². The van der Waals surface area contributed by atoms with Crippen molar-refractivity contribution in [2.24, 2.45) is 4.99 Å². The topological polar surface area (TPSA) is 86.7 Å². The van der Waals surface area contributed by atoms with E-state index < -0.39 is 9.84 Å². The molecule has 7 nitrogen and oxygen atoms in total. The molecule has 0 spiro atoms. The highest BCUT2D eigenvalue weighted by Gasteiger charge is 2.28. The lowest BCUT2D eigenvalue weighted by Crippen LogP contribution is -2.43. The average molecular weight is 453 g/mol. The Balaban J connectivity index is 0.00000264. The summed E-state index contributed by atoms with van der Waals surface area (Å²) >= 11 is 0. The molecule has 0 radical (unpaired) electrons. The van der Waals surface area contributed by atoms with Gasteiger partial charge in [-0.1, -0.05) is 6.07 Å². The first-order valence-electron chi connectivity index (χ1n) is 7.20. The number of sulfone groups is 1. The first-order chi connectivity index (χ1) is 10.4. The Morgan fingerprint density at radius 1 is 1.48 bits per heavy atom. The van der Waals surface area contributed by atoms with Crippen LogP contribution in [-0.2, 0) is 16.4 Å². The number of pyridine rings is 1. The molecule has 2 rings (SSSR count). The molecule has 0 bridgehead atoms. The predicted molar refractivity (Wildman–Crippen MR) is 104 cm³/mol. The fourth-order valence-corrected chi connectivity index (χ4v) is 4.12. The van der Waals surface area contributed by atoms with Gasteiger partial charge in [0.2, 0.25) is 0 Å². The fraction of sp³-hybridized carbons (Fsp3) is 0.571. The van der Waals surface area contributed by atoms with Crippen molar-refractivity contribution in [1.82, 2.24) is 15.6 Å². The summed E-state index contributed by atoms with van der Waals surface area (Å²) in [7, 11) is 2.67. The molecule has 1 aliphatic rings. The minimum Gasteiger partial charge on any atom is -0.362 e. The molecule has 2 heterocycles. The molecule has 9 heteroatoms. The van der Waals surface area contributed by atoms with E-state index in [1.54, 1.807) is 13.2 Å². The second kappa shape index (κ2) is 8.67. The molecule has 1 atom stereocenters. The quantitative estimate of drug-likeness (QED) is 0.395. The summed E-state index contributed by atoms with van der Waals surface area (Å²) in [6, 6.07) is 3.82. The molecule has 23 heavy (non-hydrogen) atoms. The molecule has 1 unspecified atom stereocenters. The van der Waals surface area contributed by atoms with Gasteiger partial charge in [0, 0.05) is 45.5 Å². The fourth-order valence-electron chi connectivity index (χ4n) is 2.45. The van der Waals surface area contributed by atoms with Crippen molar-refractivity contribution in [2.45, 2.75) is 19.0 Å². The van der Waals surface area contributed by atoms with Gasteiger partial charge < -0.3 is 15.5 Å². The highest BCUT2D eigenvalue weighted by molar-refractivity contribution is 14.0. The Labute approximate surface area is 154 Å². The third-order valence-electron chi connectivity index (χ3n) is 3.53. The average Bonchev–Trinajstić information content (AvgIpc) is 2.82. The molecule has 1 aliphatic heterocycles. The maximum Gasteiger partial charge on any atom is 0.191 e. The zero-order valence-electron chi connectivity index (χ0n) is 13.6. The van der Waals surface area contributed by atoms with Crippen LogP contribution in [0.1, 0.15) is 12.0 Å². The van der Waals surface area contributed by atoms with E-state index in [4.69, 9.17) is 0 Å².